The Morgan fingerprint density at radius 1 is 1.15 bits per heavy atom. The third-order valence-corrected chi connectivity index (χ3v) is 4.13. The molecular formula is C15H24N4O. The van der Waals surface area contributed by atoms with Crippen molar-refractivity contribution in [3.05, 3.63) is 12.3 Å². The Bertz CT molecular complexity index is 414. The minimum absolute atomic E-state index is 0.333. The van der Waals surface area contributed by atoms with Crippen LogP contribution in [0.4, 0.5) is 11.8 Å². The van der Waals surface area contributed by atoms with Crippen molar-refractivity contribution in [3.8, 4) is 0 Å². The van der Waals surface area contributed by atoms with Crippen molar-refractivity contribution in [2.75, 3.05) is 23.8 Å². The van der Waals surface area contributed by atoms with E-state index in [0.717, 1.165) is 31.3 Å². The van der Waals surface area contributed by atoms with Crippen molar-refractivity contribution in [2.45, 2.75) is 57.1 Å². The van der Waals surface area contributed by atoms with Crippen molar-refractivity contribution in [1.29, 1.82) is 0 Å². The lowest BCUT2D eigenvalue weighted by molar-refractivity contribution is 0.120. The first-order valence-electron chi connectivity index (χ1n) is 7.85. The van der Waals surface area contributed by atoms with E-state index in [9.17, 15) is 0 Å². The van der Waals surface area contributed by atoms with Gasteiger partial charge < -0.3 is 15.4 Å². The van der Waals surface area contributed by atoms with Crippen LogP contribution in [0.2, 0.25) is 0 Å². The van der Waals surface area contributed by atoms with E-state index < -0.39 is 0 Å². The first-order chi connectivity index (χ1) is 9.90. The highest BCUT2D eigenvalue weighted by Gasteiger charge is 2.16. The van der Waals surface area contributed by atoms with Gasteiger partial charge in [0.1, 0.15) is 5.82 Å². The lowest BCUT2D eigenvalue weighted by Crippen LogP contribution is -2.24. The van der Waals surface area contributed by atoms with Gasteiger partial charge in [0.15, 0.2) is 0 Å². The summed E-state index contributed by atoms with van der Waals surface area (Å²) in [6, 6.07) is 2.46. The Labute approximate surface area is 120 Å². The van der Waals surface area contributed by atoms with Crippen LogP contribution in [0.25, 0.3) is 0 Å². The Balaban J connectivity index is 1.51. The third-order valence-electron chi connectivity index (χ3n) is 4.13. The molecule has 0 aromatic carbocycles. The number of aromatic nitrogens is 2. The summed E-state index contributed by atoms with van der Waals surface area (Å²) in [6.07, 6.45) is 10.9. The number of anilines is 2. The summed E-state index contributed by atoms with van der Waals surface area (Å²) < 4.78 is 5.60. The number of hydrogen-bond donors (Lipinski definition) is 2. The monoisotopic (exact) mass is 276 g/mol. The van der Waals surface area contributed by atoms with Gasteiger partial charge in [-0.05, 0) is 31.7 Å². The van der Waals surface area contributed by atoms with Crippen molar-refractivity contribution < 1.29 is 4.74 Å². The summed E-state index contributed by atoms with van der Waals surface area (Å²) in [6.45, 7) is 1.73. The first-order valence-corrected chi connectivity index (χ1v) is 7.85. The summed E-state index contributed by atoms with van der Waals surface area (Å²) >= 11 is 0. The van der Waals surface area contributed by atoms with Crippen LogP contribution in [0.5, 0.6) is 0 Å². The highest BCUT2D eigenvalue weighted by atomic mass is 16.5. The van der Waals surface area contributed by atoms with Crippen LogP contribution in [0.3, 0.4) is 0 Å². The summed E-state index contributed by atoms with van der Waals surface area (Å²) in [7, 11) is 0. The Morgan fingerprint density at radius 2 is 2.05 bits per heavy atom. The standard InChI is InChI=1S/C15H24N4O/c1-2-5-12(6-3-1)18-15-16-9-8-14(19-15)17-11-13-7-4-10-20-13/h8-9,12-13H,1-7,10-11H2,(H2,16,17,18,19). The molecule has 1 atom stereocenters. The van der Waals surface area contributed by atoms with Crippen LogP contribution >= 0.6 is 0 Å². The molecule has 20 heavy (non-hydrogen) atoms. The number of nitrogens with one attached hydrogen (secondary N) is 2. The van der Waals surface area contributed by atoms with E-state index in [1.807, 2.05) is 12.3 Å². The zero-order valence-electron chi connectivity index (χ0n) is 12.0. The molecule has 3 rings (SSSR count). The van der Waals surface area contributed by atoms with Gasteiger partial charge in [-0.2, -0.15) is 4.98 Å². The van der Waals surface area contributed by atoms with Crippen molar-refractivity contribution in [1.82, 2.24) is 9.97 Å². The van der Waals surface area contributed by atoms with Crippen molar-refractivity contribution in [2.24, 2.45) is 0 Å². The van der Waals surface area contributed by atoms with Gasteiger partial charge in [0.25, 0.3) is 0 Å². The molecular weight excluding hydrogens is 252 g/mol. The van der Waals surface area contributed by atoms with E-state index in [1.165, 1.54) is 38.5 Å². The molecule has 1 saturated carbocycles. The van der Waals surface area contributed by atoms with Crippen LogP contribution in [0.15, 0.2) is 12.3 Å². The van der Waals surface area contributed by atoms with Gasteiger partial charge in [-0.3, -0.25) is 0 Å². The highest BCUT2D eigenvalue weighted by Crippen LogP contribution is 2.20. The van der Waals surface area contributed by atoms with Gasteiger partial charge in [0.2, 0.25) is 5.95 Å². The van der Waals surface area contributed by atoms with Gasteiger partial charge in [-0.15, -0.1) is 0 Å². The lowest BCUT2D eigenvalue weighted by Gasteiger charge is -2.22. The average Bonchev–Trinajstić information content (AvgIpc) is 3.00. The fourth-order valence-electron chi connectivity index (χ4n) is 2.98. The number of nitrogens with zero attached hydrogens (tertiary/aromatic N) is 2. The van der Waals surface area contributed by atoms with E-state index in [1.54, 1.807) is 0 Å². The first kappa shape index (κ1) is 13.6. The topological polar surface area (TPSA) is 59.1 Å². The predicted molar refractivity (Wildman–Crippen MR) is 80.0 cm³/mol. The normalized spacial score (nSPS) is 23.7. The summed E-state index contributed by atoms with van der Waals surface area (Å²) in [5.74, 6) is 1.63. The van der Waals surface area contributed by atoms with E-state index in [0.29, 0.717) is 12.1 Å². The van der Waals surface area contributed by atoms with E-state index >= 15 is 0 Å². The second-order valence-electron chi connectivity index (χ2n) is 5.76. The van der Waals surface area contributed by atoms with E-state index in [4.69, 9.17) is 4.74 Å². The number of ether oxygens (including phenoxy) is 1. The molecule has 5 nitrogen and oxygen atoms in total. The summed E-state index contributed by atoms with van der Waals surface area (Å²) in [4.78, 5) is 8.86. The average molecular weight is 276 g/mol. The molecule has 1 aromatic rings. The molecule has 1 unspecified atom stereocenters. The van der Waals surface area contributed by atoms with Crippen LogP contribution < -0.4 is 10.6 Å². The van der Waals surface area contributed by atoms with Crippen molar-refractivity contribution in [3.63, 3.8) is 0 Å². The second kappa shape index (κ2) is 6.88. The molecule has 1 saturated heterocycles. The van der Waals surface area contributed by atoms with Crippen LogP contribution in [0, 0.1) is 0 Å². The molecule has 110 valence electrons. The van der Waals surface area contributed by atoms with Gasteiger partial charge >= 0.3 is 0 Å². The Kier molecular flexibility index (Phi) is 4.69. The SMILES string of the molecule is c1cc(NCC2CCCO2)nc(NC2CCCCC2)n1. The molecule has 2 heterocycles. The summed E-state index contributed by atoms with van der Waals surface area (Å²) in [5, 5.41) is 6.80. The molecule has 2 N–H and O–H groups in total. The molecule has 0 bridgehead atoms. The smallest absolute Gasteiger partial charge is 0.224 e. The molecule has 2 aliphatic rings. The number of hydrogen-bond acceptors (Lipinski definition) is 5. The molecule has 1 aliphatic heterocycles. The fourth-order valence-corrected chi connectivity index (χ4v) is 2.98. The van der Waals surface area contributed by atoms with Gasteiger partial charge in [-0.1, -0.05) is 19.3 Å². The summed E-state index contributed by atoms with van der Waals surface area (Å²) in [5.41, 5.74) is 0. The van der Waals surface area contributed by atoms with Gasteiger partial charge in [0, 0.05) is 25.4 Å². The molecule has 1 aliphatic carbocycles. The molecule has 0 amide bonds. The minimum Gasteiger partial charge on any atom is -0.376 e. The van der Waals surface area contributed by atoms with Crippen LogP contribution in [-0.4, -0.2) is 35.3 Å². The van der Waals surface area contributed by atoms with E-state index in [-0.39, 0.29) is 0 Å². The van der Waals surface area contributed by atoms with Crippen LogP contribution in [-0.2, 0) is 4.74 Å². The maximum absolute atomic E-state index is 5.60. The van der Waals surface area contributed by atoms with Gasteiger partial charge in [0.05, 0.1) is 6.10 Å². The zero-order chi connectivity index (χ0) is 13.6. The quantitative estimate of drug-likeness (QED) is 0.866. The molecule has 0 radical (unpaired) electrons. The second-order valence-corrected chi connectivity index (χ2v) is 5.76. The highest BCUT2D eigenvalue weighted by molar-refractivity contribution is 5.40. The molecule has 1 aromatic heterocycles. The largest absolute Gasteiger partial charge is 0.376 e. The molecule has 2 fully saturated rings. The Hall–Kier alpha value is -1.36. The molecule has 0 spiro atoms. The maximum atomic E-state index is 5.60. The number of rotatable bonds is 5. The maximum Gasteiger partial charge on any atom is 0.224 e. The predicted octanol–water partition coefficient (Wildman–Crippen LogP) is 2.81. The minimum atomic E-state index is 0.333. The fraction of sp³-hybridized carbons (Fsp3) is 0.733. The van der Waals surface area contributed by atoms with Gasteiger partial charge in [-0.25, -0.2) is 4.98 Å². The van der Waals surface area contributed by atoms with Crippen molar-refractivity contribution >= 4 is 11.8 Å². The Morgan fingerprint density at radius 3 is 2.85 bits per heavy atom. The molecule has 5 heteroatoms. The zero-order valence-corrected chi connectivity index (χ0v) is 12.0. The third kappa shape index (κ3) is 3.82. The van der Waals surface area contributed by atoms with E-state index in [2.05, 4.69) is 20.6 Å². The lowest BCUT2D eigenvalue weighted by atomic mass is 9.96. The van der Waals surface area contributed by atoms with Crippen LogP contribution in [0.1, 0.15) is 44.9 Å².